The fourth-order valence-corrected chi connectivity index (χ4v) is 2.40. The zero-order valence-electron chi connectivity index (χ0n) is 15.0. The Morgan fingerprint density at radius 3 is 2.96 bits per heavy atom. The van der Waals surface area contributed by atoms with Crippen LogP contribution in [-0.2, 0) is 20.1 Å². The van der Waals surface area contributed by atoms with Crippen molar-refractivity contribution in [3.05, 3.63) is 42.2 Å². The molecule has 0 aliphatic carbocycles. The zero-order chi connectivity index (χ0) is 17.6. The number of hydrogen-bond donors (Lipinski definition) is 2. The Labute approximate surface area is 168 Å². The summed E-state index contributed by atoms with van der Waals surface area (Å²) >= 11 is 0. The third-order valence-corrected chi connectivity index (χ3v) is 3.53. The summed E-state index contributed by atoms with van der Waals surface area (Å²) in [6.07, 6.45) is 5.44. The lowest BCUT2D eigenvalue weighted by atomic mass is 10.3. The molecule has 10 heteroatoms. The molecule has 140 valence electrons. The van der Waals surface area contributed by atoms with Gasteiger partial charge < -0.3 is 14.6 Å². The molecule has 0 saturated carbocycles. The maximum atomic E-state index is 5.29. The Morgan fingerprint density at radius 2 is 2.31 bits per heavy atom. The molecule has 3 heterocycles. The number of guanidine groups is 1. The second kappa shape index (κ2) is 9.36. The van der Waals surface area contributed by atoms with Gasteiger partial charge in [-0.1, -0.05) is 0 Å². The van der Waals surface area contributed by atoms with Gasteiger partial charge in [-0.3, -0.25) is 9.78 Å². The number of halogens is 1. The van der Waals surface area contributed by atoms with Crippen LogP contribution in [0.2, 0.25) is 0 Å². The molecule has 0 unspecified atom stereocenters. The summed E-state index contributed by atoms with van der Waals surface area (Å²) in [7, 11) is 3.90. The minimum Gasteiger partial charge on any atom is -0.461 e. The van der Waals surface area contributed by atoms with Crippen molar-refractivity contribution in [2.45, 2.75) is 20.0 Å². The fraction of sp³-hybridized carbons (Fsp3) is 0.375. The van der Waals surface area contributed by atoms with E-state index in [0.717, 1.165) is 18.1 Å². The lowest BCUT2D eigenvalue weighted by Crippen LogP contribution is -2.38. The minimum atomic E-state index is 0. The van der Waals surface area contributed by atoms with Crippen LogP contribution in [0.3, 0.4) is 0 Å². The van der Waals surface area contributed by atoms with E-state index < -0.39 is 0 Å². The maximum Gasteiger partial charge on any atom is 0.216 e. The van der Waals surface area contributed by atoms with Crippen LogP contribution in [0.4, 0.5) is 0 Å². The number of nitrogens with zero attached hydrogens (tertiary/aromatic N) is 6. The van der Waals surface area contributed by atoms with E-state index in [1.54, 1.807) is 17.0 Å². The number of furan rings is 1. The summed E-state index contributed by atoms with van der Waals surface area (Å²) in [4.78, 5) is 11.1. The van der Waals surface area contributed by atoms with E-state index in [-0.39, 0.29) is 24.0 Å². The number of aromatic nitrogens is 5. The number of aromatic amines is 1. The van der Waals surface area contributed by atoms with Gasteiger partial charge in [-0.05, 0) is 19.1 Å². The average molecular weight is 470 g/mol. The predicted molar refractivity (Wildman–Crippen MR) is 109 cm³/mol. The predicted octanol–water partition coefficient (Wildman–Crippen LogP) is 2.01. The number of aliphatic imine (C=N–C) groups is 1. The van der Waals surface area contributed by atoms with E-state index in [2.05, 4.69) is 30.6 Å². The van der Waals surface area contributed by atoms with Crippen molar-refractivity contribution < 1.29 is 4.42 Å². The Hall–Kier alpha value is -2.37. The first kappa shape index (κ1) is 19.9. The van der Waals surface area contributed by atoms with Crippen molar-refractivity contribution in [3.8, 4) is 11.6 Å². The molecule has 0 atom stereocenters. The molecular formula is C16H23IN8O. The lowest BCUT2D eigenvalue weighted by Gasteiger charge is -2.21. The molecule has 0 aromatic carbocycles. The average Bonchev–Trinajstić information content (AvgIpc) is 3.33. The maximum absolute atomic E-state index is 5.29. The third kappa shape index (κ3) is 5.07. The van der Waals surface area contributed by atoms with Crippen LogP contribution >= 0.6 is 24.0 Å². The molecule has 0 aliphatic rings. The van der Waals surface area contributed by atoms with Crippen LogP contribution < -0.4 is 5.32 Å². The van der Waals surface area contributed by atoms with E-state index in [4.69, 9.17) is 4.42 Å². The zero-order valence-corrected chi connectivity index (χ0v) is 17.3. The standard InChI is InChI=1S/C16H22N8O.HI/c1-4-17-16(23(2)10-12-8-19-24(3)11-12)18-9-14-20-15(22-21-14)13-6-5-7-25-13;/h5-8,11H,4,9-10H2,1-3H3,(H,17,18)(H,20,21,22);1H. The molecular weight excluding hydrogens is 447 g/mol. The summed E-state index contributed by atoms with van der Waals surface area (Å²) in [5.41, 5.74) is 1.12. The van der Waals surface area contributed by atoms with Crippen LogP contribution in [0, 0.1) is 0 Å². The van der Waals surface area contributed by atoms with E-state index in [9.17, 15) is 0 Å². The number of rotatable bonds is 6. The molecule has 0 saturated heterocycles. The quantitative estimate of drug-likeness (QED) is 0.325. The second-order valence-corrected chi connectivity index (χ2v) is 5.63. The van der Waals surface area contributed by atoms with Crippen molar-refractivity contribution >= 4 is 29.9 Å². The molecule has 0 bridgehead atoms. The molecule has 0 aliphatic heterocycles. The van der Waals surface area contributed by atoms with Gasteiger partial charge in [-0.15, -0.1) is 29.1 Å². The topological polar surface area (TPSA) is 100 Å². The fourth-order valence-electron chi connectivity index (χ4n) is 2.40. The van der Waals surface area contributed by atoms with Gasteiger partial charge in [-0.2, -0.15) is 5.10 Å². The Kier molecular flexibility index (Phi) is 7.18. The molecule has 0 spiro atoms. The Morgan fingerprint density at radius 1 is 1.46 bits per heavy atom. The monoisotopic (exact) mass is 470 g/mol. The molecule has 3 aromatic rings. The molecule has 3 aromatic heterocycles. The summed E-state index contributed by atoms with van der Waals surface area (Å²) < 4.78 is 7.08. The van der Waals surface area contributed by atoms with Gasteiger partial charge in [0.05, 0.1) is 12.5 Å². The van der Waals surface area contributed by atoms with Crippen molar-refractivity contribution in [1.29, 1.82) is 0 Å². The van der Waals surface area contributed by atoms with Crippen molar-refractivity contribution in [2.75, 3.05) is 13.6 Å². The first-order valence-electron chi connectivity index (χ1n) is 8.08. The van der Waals surface area contributed by atoms with Crippen LogP contribution in [-0.4, -0.2) is 49.4 Å². The molecule has 2 N–H and O–H groups in total. The van der Waals surface area contributed by atoms with Crippen molar-refractivity contribution in [2.24, 2.45) is 12.0 Å². The van der Waals surface area contributed by atoms with E-state index in [0.29, 0.717) is 30.5 Å². The van der Waals surface area contributed by atoms with Gasteiger partial charge in [0, 0.05) is 38.9 Å². The molecule has 0 fully saturated rings. The van der Waals surface area contributed by atoms with Crippen LogP contribution in [0.25, 0.3) is 11.6 Å². The van der Waals surface area contributed by atoms with Gasteiger partial charge in [-0.25, -0.2) is 9.98 Å². The Balaban J connectivity index is 0.00000243. The van der Waals surface area contributed by atoms with Crippen molar-refractivity contribution in [1.82, 2.24) is 35.2 Å². The Bertz CT molecular complexity index is 823. The van der Waals surface area contributed by atoms with E-state index >= 15 is 0 Å². The second-order valence-electron chi connectivity index (χ2n) is 5.63. The highest BCUT2D eigenvalue weighted by Crippen LogP contribution is 2.14. The highest BCUT2D eigenvalue weighted by molar-refractivity contribution is 14.0. The minimum absolute atomic E-state index is 0. The summed E-state index contributed by atoms with van der Waals surface area (Å²) in [6.45, 7) is 3.93. The molecule has 9 nitrogen and oxygen atoms in total. The highest BCUT2D eigenvalue weighted by Gasteiger charge is 2.10. The van der Waals surface area contributed by atoms with Crippen LogP contribution in [0.15, 0.2) is 40.2 Å². The first-order chi connectivity index (χ1) is 12.2. The van der Waals surface area contributed by atoms with Gasteiger partial charge in [0.15, 0.2) is 11.7 Å². The summed E-state index contributed by atoms with van der Waals surface area (Å²) in [6, 6.07) is 3.63. The van der Waals surface area contributed by atoms with Crippen LogP contribution in [0.1, 0.15) is 18.3 Å². The van der Waals surface area contributed by atoms with Crippen LogP contribution in [0.5, 0.6) is 0 Å². The van der Waals surface area contributed by atoms with E-state index in [1.165, 1.54) is 0 Å². The van der Waals surface area contributed by atoms with Gasteiger partial charge in [0.25, 0.3) is 0 Å². The lowest BCUT2D eigenvalue weighted by molar-refractivity contribution is 0.476. The number of hydrogen-bond acceptors (Lipinski definition) is 5. The first-order valence-corrected chi connectivity index (χ1v) is 8.08. The van der Waals surface area contributed by atoms with Gasteiger partial charge in [0.2, 0.25) is 5.82 Å². The largest absolute Gasteiger partial charge is 0.461 e. The molecule has 26 heavy (non-hydrogen) atoms. The molecule has 0 radical (unpaired) electrons. The SMILES string of the molecule is CCNC(=NCc1nc(-c2ccco2)n[nH]1)N(C)Cc1cnn(C)c1.I. The van der Waals surface area contributed by atoms with Crippen molar-refractivity contribution in [3.63, 3.8) is 0 Å². The number of aryl methyl sites for hydroxylation is 1. The smallest absolute Gasteiger partial charge is 0.216 e. The summed E-state index contributed by atoms with van der Waals surface area (Å²) in [5.74, 6) is 2.63. The normalized spacial score (nSPS) is 11.3. The number of H-pyrrole nitrogens is 1. The molecule has 0 amide bonds. The van der Waals surface area contributed by atoms with E-state index in [1.807, 2.05) is 44.4 Å². The highest BCUT2D eigenvalue weighted by atomic mass is 127. The number of nitrogens with one attached hydrogen (secondary N) is 2. The third-order valence-electron chi connectivity index (χ3n) is 3.53. The van der Waals surface area contributed by atoms with Gasteiger partial charge in [0.1, 0.15) is 12.4 Å². The molecule has 3 rings (SSSR count). The summed E-state index contributed by atoms with van der Waals surface area (Å²) in [5, 5.41) is 14.5. The van der Waals surface area contributed by atoms with Gasteiger partial charge >= 0.3 is 0 Å².